The SMILES string of the molecule is COc1ccc(CCNc2[nH+]cccc2C#N)cc1OC. The zero-order chi connectivity index (χ0) is 15.1. The van der Waals surface area contributed by atoms with Crippen LogP contribution in [0.4, 0.5) is 5.82 Å². The van der Waals surface area contributed by atoms with Gasteiger partial charge in [-0.1, -0.05) is 6.07 Å². The second kappa shape index (κ2) is 7.15. The predicted octanol–water partition coefficient (Wildman–Crippen LogP) is 2.04. The highest BCUT2D eigenvalue weighted by Crippen LogP contribution is 2.27. The quantitative estimate of drug-likeness (QED) is 0.881. The van der Waals surface area contributed by atoms with Gasteiger partial charge in [0.15, 0.2) is 11.5 Å². The number of H-pyrrole nitrogens is 1. The van der Waals surface area contributed by atoms with Crippen LogP contribution in [0.3, 0.4) is 0 Å². The molecule has 0 aliphatic rings. The maximum Gasteiger partial charge on any atom is 0.290 e. The highest BCUT2D eigenvalue weighted by molar-refractivity contribution is 5.47. The molecule has 0 aliphatic heterocycles. The van der Waals surface area contributed by atoms with Crippen LogP contribution in [0.2, 0.25) is 0 Å². The van der Waals surface area contributed by atoms with Crippen molar-refractivity contribution in [3.05, 3.63) is 47.7 Å². The molecule has 0 amide bonds. The first-order valence-electron chi connectivity index (χ1n) is 6.64. The summed E-state index contributed by atoms with van der Waals surface area (Å²) in [6.45, 7) is 0.713. The molecule has 108 valence electrons. The second-order valence-corrected chi connectivity index (χ2v) is 4.44. The minimum absolute atomic E-state index is 0.602. The minimum Gasteiger partial charge on any atom is -0.493 e. The number of pyridine rings is 1. The van der Waals surface area contributed by atoms with Gasteiger partial charge in [-0.15, -0.1) is 0 Å². The van der Waals surface area contributed by atoms with Gasteiger partial charge < -0.3 is 9.47 Å². The highest BCUT2D eigenvalue weighted by atomic mass is 16.5. The van der Waals surface area contributed by atoms with E-state index < -0.39 is 0 Å². The minimum atomic E-state index is 0.602. The molecule has 0 atom stereocenters. The smallest absolute Gasteiger partial charge is 0.290 e. The molecule has 0 saturated carbocycles. The van der Waals surface area contributed by atoms with E-state index in [-0.39, 0.29) is 0 Å². The van der Waals surface area contributed by atoms with E-state index in [4.69, 9.17) is 14.7 Å². The van der Waals surface area contributed by atoms with Crippen LogP contribution in [0.5, 0.6) is 11.5 Å². The normalized spacial score (nSPS) is 9.76. The van der Waals surface area contributed by atoms with Crippen LogP contribution < -0.4 is 19.8 Å². The summed E-state index contributed by atoms with van der Waals surface area (Å²) >= 11 is 0. The summed E-state index contributed by atoms with van der Waals surface area (Å²) in [5.41, 5.74) is 1.74. The Morgan fingerprint density at radius 1 is 1.19 bits per heavy atom. The summed E-state index contributed by atoms with van der Waals surface area (Å²) in [4.78, 5) is 3.04. The Morgan fingerprint density at radius 3 is 2.71 bits per heavy atom. The van der Waals surface area contributed by atoms with Crippen molar-refractivity contribution in [2.45, 2.75) is 6.42 Å². The largest absolute Gasteiger partial charge is 0.493 e. The van der Waals surface area contributed by atoms with Gasteiger partial charge in [-0.3, -0.25) is 5.32 Å². The number of hydrogen-bond acceptors (Lipinski definition) is 4. The molecule has 21 heavy (non-hydrogen) atoms. The van der Waals surface area contributed by atoms with Gasteiger partial charge in [0.25, 0.3) is 5.82 Å². The van der Waals surface area contributed by atoms with Crippen LogP contribution in [0.1, 0.15) is 11.1 Å². The molecule has 0 fully saturated rings. The molecule has 1 aromatic heterocycles. The van der Waals surface area contributed by atoms with Crippen molar-refractivity contribution in [1.29, 1.82) is 5.26 Å². The number of rotatable bonds is 6. The Morgan fingerprint density at radius 2 is 2.00 bits per heavy atom. The molecule has 0 unspecified atom stereocenters. The average molecular weight is 284 g/mol. The van der Waals surface area contributed by atoms with E-state index >= 15 is 0 Å². The molecule has 0 bridgehead atoms. The van der Waals surface area contributed by atoms with Crippen LogP contribution in [0.15, 0.2) is 36.5 Å². The fraction of sp³-hybridized carbons (Fsp3) is 0.250. The molecule has 2 rings (SSSR count). The third-order valence-electron chi connectivity index (χ3n) is 3.14. The van der Waals surface area contributed by atoms with Crippen molar-refractivity contribution in [2.24, 2.45) is 0 Å². The van der Waals surface area contributed by atoms with Gasteiger partial charge in [-0.05, 0) is 29.8 Å². The molecule has 1 aromatic carbocycles. The molecule has 0 radical (unpaired) electrons. The van der Waals surface area contributed by atoms with Gasteiger partial charge in [-0.25, -0.2) is 4.98 Å². The number of benzene rings is 1. The number of nitrogens with zero attached hydrogens (tertiary/aromatic N) is 1. The van der Waals surface area contributed by atoms with Crippen molar-refractivity contribution < 1.29 is 14.5 Å². The van der Waals surface area contributed by atoms with Crippen molar-refractivity contribution in [3.63, 3.8) is 0 Å². The van der Waals surface area contributed by atoms with E-state index in [1.807, 2.05) is 18.2 Å². The summed E-state index contributed by atoms with van der Waals surface area (Å²) in [6, 6.07) is 11.6. The van der Waals surface area contributed by atoms with E-state index in [9.17, 15) is 0 Å². The third-order valence-corrected chi connectivity index (χ3v) is 3.14. The molecule has 0 spiro atoms. The standard InChI is InChI=1S/C16H17N3O2/c1-20-14-6-5-12(10-15(14)21-2)7-9-19-16-13(11-17)4-3-8-18-16/h3-6,8,10H,7,9H2,1-2H3,(H,18,19)/p+1. The molecule has 2 N–H and O–H groups in total. The monoisotopic (exact) mass is 284 g/mol. The third kappa shape index (κ3) is 3.63. The lowest BCUT2D eigenvalue weighted by Crippen LogP contribution is -2.16. The molecule has 5 nitrogen and oxygen atoms in total. The van der Waals surface area contributed by atoms with Gasteiger partial charge in [0.05, 0.1) is 27.0 Å². The number of aromatic nitrogens is 1. The average Bonchev–Trinajstić information content (AvgIpc) is 2.55. The lowest BCUT2D eigenvalue weighted by Gasteiger charge is -2.09. The van der Waals surface area contributed by atoms with Gasteiger partial charge >= 0.3 is 0 Å². The first-order valence-corrected chi connectivity index (χ1v) is 6.64. The van der Waals surface area contributed by atoms with E-state index in [2.05, 4.69) is 16.4 Å². The molecule has 0 saturated heterocycles. The van der Waals surface area contributed by atoms with Crippen molar-refractivity contribution in [3.8, 4) is 17.6 Å². The highest BCUT2D eigenvalue weighted by Gasteiger charge is 2.09. The fourth-order valence-corrected chi connectivity index (χ4v) is 2.04. The lowest BCUT2D eigenvalue weighted by molar-refractivity contribution is -0.361. The maximum atomic E-state index is 9.02. The number of methoxy groups -OCH3 is 2. The van der Waals surface area contributed by atoms with E-state index in [1.54, 1.807) is 32.5 Å². The fourth-order valence-electron chi connectivity index (χ4n) is 2.04. The van der Waals surface area contributed by atoms with E-state index in [0.717, 1.165) is 29.3 Å². The number of anilines is 1. The van der Waals surface area contributed by atoms with Gasteiger partial charge in [0.1, 0.15) is 11.6 Å². The molecule has 2 aromatic rings. The molecule has 1 heterocycles. The number of nitriles is 1. The van der Waals surface area contributed by atoms with Crippen LogP contribution in [-0.2, 0) is 6.42 Å². The molecular weight excluding hydrogens is 266 g/mol. The summed E-state index contributed by atoms with van der Waals surface area (Å²) in [5.74, 6) is 2.18. The van der Waals surface area contributed by atoms with Crippen molar-refractivity contribution in [2.75, 3.05) is 26.1 Å². The van der Waals surface area contributed by atoms with Gasteiger partial charge in [0.2, 0.25) is 0 Å². The Bertz CT molecular complexity index is 650. The zero-order valence-corrected chi connectivity index (χ0v) is 12.1. The van der Waals surface area contributed by atoms with Gasteiger partial charge in [-0.2, -0.15) is 5.26 Å². The van der Waals surface area contributed by atoms with Crippen molar-refractivity contribution in [1.82, 2.24) is 0 Å². The Balaban J connectivity index is 1.99. The van der Waals surface area contributed by atoms with Crippen LogP contribution >= 0.6 is 0 Å². The molecule has 0 aliphatic carbocycles. The maximum absolute atomic E-state index is 9.02. The van der Waals surface area contributed by atoms with Gasteiger partial charge in [0, 0.05) is 6.42 Å². The first kappa shape index (κ1) is 14.7. The predicted molar refractivity (Wildman–Crippen MR) is 79.5 cm³/mol. The molecule has 5 heteroatoms. The van der Waals surface area contributed by atoms with Crippen molar-refractivity contribution >= 4 is 5.82 Å². The lowest BCUT2D eigenvalue weighted by atomic mass is 10.1. The molecular formula is C16H18N3O2+. The summed E-state index contributed by atoms with van der Waals surface area (Å²) < 4.78 is 10.5. The number of ether oxygens (including phenoxy) is 2. The second-order valence-electron chi connectivity index (χ2n) is 4.44. The number of hydrogen-bond donors (Lipinski definition) is 1. The van der Waals surface area contributed by atoms with Crippen LogP contribution in [0.25, 0.3) is 0 Å². The summed E-state index contributed by atoms with van der Waals surface area (Å²) in [6.07, 6.45) is 2.60. The Kier molecular flexibility index (Phi) is 4.99. The number of nitrogens with one attached hydrogen (secondary N) is 2. The van der Waals surface area contributed by atoms with E-state index in [1.165, 1.54) is 0 Å². The van der Waals surface area contributed by atoms with E-state index in [0.29, 0.717) is 12.1 Å². The first-order chi connectivity index (χ1) is 10.3. The van der Waals surface area contributed by atoms with Crippen LogP contribution in [0, 0.1) is 11.3 Å². The Labute approximate surface area is 124 Å². The Hall–Kier alpha value is -2.74. The summed E-state index contributed by atoms with van der Waals surface area (Å²) in [5, 5.41) is 12.2. The van der Waals surface area contributed by atoms with Crippen LogP contribution in [-0.4, -0.2) is 20.8 Å². The number of aromatic amines is 1. The zero-order valence-electron chi connectivity index (χ0n) is 12.1. The topological polar surface area (TPSA) is 68.4 Å². The summed E-state index contributed by atoms with van der Waals surface area (Å²) in [7, 11) is 3.24.